The van der Waals surface area contributed by atoms with Gasteiger partial charge in [-0.15, -0.1) is 0 Å². The average Bonchev–Trinajstić information content (AvgIpc) is 2.86. The number of rotatable bonds is 5. The lowest BCUT2D eigenvalue weighted by Crippen LogP contribution is -2.34. The molecule has 2 aromatic rings. The van der Waals surface area contributed by atoms with Crippen LogP contribution in [0, 0.1) is 11.8 Å². The molecule has 2 heterocycles. The number of hydrogen-bond donors (Lipinski definition) is 0. The Morgan fingerprint density at radius 3 is 2.75 bits per heavy atom. The number of benzene rings is 1. The van der Waals surface area contributed by atoms with Crippen LogP contribution in [0.15, 0.2) is 78.1 Å². The van der Waals surface area contributed by atoms with Crippen LogP contribution in [0.3, 0.4) is 0 Å². The fraction of sp³-hybridized carbons (Fsp3) is 0.357. The van der Waals surface area contributed by atoms with E-state index in [-0.39, 0.29) is 12.0 Å². The van der Waals surface area contributed by atoms with E-state index in [2.05, 4.69) is 39.4 Å². The monoisotopic (exact) mass is 429 g/mol. The van der Waals surface area contributed by atoms with E-state index in [1.807, 2.05) is 75.5 Å². The highest BCUT2D eigenvalue weighted by atomic mass is 19.1. The molecule has 0 saturated heterocycles. The molecular formula is C28H32FN3. The topological polar surface area (TPSA) is 28.5 Å². The predicted molar refractivity (Wildman–Crippen MR) is 131 cm³/mol. The average molecular weight is 430 g/mol. The van der Waals surface area contributed by atoms with E-state index < -0.39 is 6.17 Å². The van der Waals surface area contributed by atoms with Gasteiger partial charge in [-0.25, -0.2) is 4.39 Å². The van der Waals surface area contributed by atoms with Crippen molar-refractivity contribution in [1.82, 2.24) is 9.88 Å². The summed E-state index contributed by atoms with van der Waals surface area (Å²) < 4.78 is 15.0. The van der Waals surface area contributed by atoms with E-state index in [9.17, 15) is 4.39 Å². The molecule has 1 aromatic heterocycles. The summed E-state index contributed by atoms with van der Waals surface area (Å²) in [6.07, 6.45) is 5.81. The first-order valence-electron chi connectivity index (χ1n) is 11.4. The molecular weight excluding hydrogens is 397 g/mol. The van der Waals surface area contributed by atoms with Crippen molar-refractivity contribution in [2.75, 3.05) is 6.54 Å². The number of halogens is 1. The maximum absolute atomic E-state index is 15.0. The highest BCUT2D eigenvalue weighted by Crippen LogP contribution is 2.27. The molecule has 4 rings (SSSR count). The number of allylic oxidation sites excluding steroid dienone is 1. The lowest BCUT2D eigenvalue weighted by molar-refractivity contribution is 0.305. The molecule has 0 amide bonds. The van der Waals surface area contributed by atoms with Gasteiger partial charge in [0.1, 0.15) is 11.8 Å². The summed E-state index contributed by atoms with van der Waals surface area (Å²) in [4.78, 5) is 11.4. The molecule has 1 aromatic carbocycles. The van der Waals surface area contributed by atoms with Crippen LogP contribution in [-0.2, 0) is 13.0 Å². The Balaban J connectivity index is 0.00000141. The third-order valence-corrected chi connectivity index (χ3v) is 5.69. The van der Waals surface area contributed by atoms with Crippen LogP contribution >= 0.6 is 0 Å². The Kier molecular flexibility index (Phi) is 8.39. The van der Waals surface area contributed by atoms with Gasteiger partial charge in [0.15, 0.2) is 6.17 Å². The van der Waals surface area contributed by atoms with Gasteiger partial charge in [-0.1, -0.05) is 74.9 Å². The smallest absolute Gasteiger partial charge is 0.151 e. The zero-order chi connectivity index (χ0) is 22.9. The molecule has 1 unspecified atom stereocenters. The lowest BCUT2D eigenvalue weighted by atomic mass is 9.89. The lowest BCUT2D eigenvalue weighted by Gasteiger charge is -2.33. The molecule has 2 aliphatic rings. The van der Waals surface area contributed by atoms with Gasteiger partial charge in [0, 0.05) is 30.8 Å². The van der Waals surface area contributed by atoms with Crippen LogP contribution in [0.4, 0.5) is 4.39 Å². The van der Waals surface area contributed by atoms with E-state index in [1.165, 1.54) is 5.56 Å². The van der Waals surface area contributed by atoms with Crippen molar-refractivity contribution in [1.29, 1.82) is 0 Å². The Bertz CT molecular complexity index is 1030. The van der Waals surface area contributed by atoms with Gasteiger partial charge < -0.3 is 4.90 Å². The van der Waals surface area contributed by atoms with Gasteiger partial charge in [0.05, 0.1) is 12.2 Å². The van der Waals surface area contributed by atoms with Gasteiger partial charge in [0.2, 0.25) is 0 Å². The number of aromatic nitrogens is 1. The second-order valence-corrected chi connectivity index (χ2v) is 7.69. The van der Waals surface area contributed by atoms with Gasteiger partial charge in [-0.05, 0) is 36.5 Å². The van der Waals surface area contributed by atoms with E-state index in [0.717, 1.165) is 29.9 Å². The normalized spacial score (nSPS) is 21.8. The second-order valence-electron chi connectivity index (χ2n) is 7.69. The summed E-state index contributed by atoms with van der Waals surface area (Å²) in [5.41, 5.74) is 4.59. The van der Waals surface area contributed by atoms with Crippen molar-refractivity contribution in [2.45, 2.75) is 58.3 Å². The Labute approximate surface area is 191 Å². The summed E-state index contributed by atoms with van der Waals surface area (Å²) in [6.45, 7) is 11.8. The predicted octanol–water partition coefficient (Wildman–Crippen LogP) is 5.89. The number of aliphatic imine (C=N–C) groups is 1. The first-order valence-corrected chi connectivity index (χ1v) is 11.4. The van der Waals surface area contributed by atoms with Crippen molar-refractivity contribution >= 4 is 5.71 Å². The molecule has 0 N–H and O–H groups in total. The van der Waals surface area contributed by atoms with Crippen molar-refractivity contribution in [3.05, 3.63) is 89.9 Å². The van der Waals surface area contributed by atoms with Gasteiger partial charge in [-0.3, -0.25) is 9.98 Å². The van der Waals surface area contributed by atoms with Crippen LogP contribution in [0.5, 0.6) is 0 Å². The highest BCUT2D eigenvalue weighted by Gasteiger charge is 2.26. The van der Waals surface area contributed by atoms with E-state index >= 15 is 0 Å². The van der Waals surface area contributed by atoms with Gasteiger partial charge >= 0.3 is 0 Å². The fourth-order valence-electron chi connectivity index (χ4n) is 3.98. The second kappa shape index (κ2) is 11.4. The number of nitrogens with zero attached hydrogens (tertiary/aromatic N) is 3. The molecule has 0 fully saturated rings. The van der Waals surface area contributed by atoms with Crippen LogP contribution in [0.2, 0.25) is 0 Å². The molecule has 0 radical (unpaired) electrons. The molecule has 3 atom stereocenters. The van der Waals surface area contributed by atoms with Crippen molar-refractivity contribution < 1.29 is 4.39 Å². The molecule has 166 valence electrons. The summed E-state index contributed by atoms with van der Waals surface area (Å²) in [7, 11) is 0. The maximum atomic E-state index is 15.0. The third-order valence-electron chi connectivity index (χ3n) is 5.69. The Morgan fingerprint density at radius 1 is 1.25 bits per heavy atom. The minimum Gasteiger partial charge on any atom is -0.367 e. The van der Waals surface area contributed by atoms with Crippen LogP contribution in [0.25, 0.3) is 0 Å². The summed E-state index contributed by atoms with van der Waals surface area (Å²) in [5, 5.41) is 0. The SMILES string of the molecule is C=C(C(/C=C\C)N=C1C#C[C@H](c2ccccc2)C[C@@H]1F)N1CCc2cccnc2C1.CC. The largest absolute Gasteiger partial charge is 0.367 e. The number of alkyl halides is 1. The molecule has 3 nitrogen and oxygen atoms in total. The molecule has 0 spiro atoms. The number of hydrogen-bond acceptors (Lipinski definition) is 3. The van der Waals surface area contributed by atoms with Crippen molar-refractivity contribution in [3.8, 4) is 11.8 Å². The minimum absolute atomic E-state index is 0.0896. The zero-order valence-electron chi connectivity index (χ0n) is 19.3. The quantitative estimate of drug-likeness (QED) is 0.438. The number of fused-ring (bicyclic) bond motifs is 1. The molecule has 1 aliphatic heterocycles. The van der Waals surface area contributed by atoms with Crippen LogP contribution < -0.4 is 0 Å². The van der Waals surface area contributed by atoms with E-state index in [1.54, 1.807) is 0 Å². The van der Waals surface area contributed by atoms with Gasteiger partial charge in [0.25, 0.3) is 0 Å². The van der Waals surface area contributed by atoms with Gasteiger partial charge in [-0.2, -0.15) is 0 Å². The third kappa shape index (κ3) is 5.53. The highest BCUT2D eigenvalue weighted by molar-refractivity contribution is 6.05. The standard InChI is InChI=1S/C26H26FN3.C2H6/c1-3-8-24(19(2)30-16-14-21-11-7-15-28-26(21)18-30)29-25-13-12-22(17-23(25)27)20-9-5-4-6-10-20;1-2/h3-11,15,22-24H,2,14,16-18H2,1H3;1-2H3/b8-3-,29-25?;/t22-,23-,24?;/m0./s1. The molecule has 0 bridgehead atoms. The zero-order valence-corrected chi connectivity index (χ0v) is 19.3. The fourth-order valence-corrected chi connectivity index (χ4v) is 3.98. The van der Waals surface area contributed by atoms with Crippen LogP contribution in [0.1, 0.15) is 49.9 Å². The first kappa shape index (κ1) is 23.5. The maximum Gasteiger partial charge on any atom is 0.151 e. The minimum atomic E-state index is -1.17. The molecule has 4 heteroatoms. The molecule has 1 aliphatic carbocycles. The summed E-state index contributed by atoms with van der Waals surface area (Å²) in [6, 6.07) is 13.7. The van der Waals surface area contributed by atoms with Crippen molar-refractivity contribution in [2.24, 2.45) is 4.99 Å². The van der Waals surface area contributed by atoms with E-state index in [0.29, 0.717) is 18.7 Å². The number of pyridine rings is 1. The molecule has 32 heavy (non-hydrogen) atoms. The summed E-state index contributed by atoms with van der Waals surface area (Å²) in [5.74, 6) is 6.11. The first-order chi connectivity index (χ1) is 15.7. The Morgan fingerprint density at radius 2 is 2.03 bits per heavy atom. The molecule has 0 saturated carbocycles. The van der Waals surface area contributed by atoms with Crippen LogP contribution in [-0.4, -0.2) is 34.4 Å². The Hall–Kier alpha value is -3.19. The summed E-state index contributed by atoms with van der Waals surface area (Å²) >= 11 is 0. The van der Waals surface area contributed by atoms with E-state index in [4.69, 9.17) is 0 Å². The van der Waals surface area contributed by atoms with Crippen molar-refractivity contribution in [3.63, 3.8) is 0 Å².